The van der Waals surface area contributed by atoms with Crippen molar-refractivity contribution in [2.24, 2.45) is 47.3 Å². The first-order chi connectivity index (χ1) is 20.2. The average molecular weight is 619 g/mol. The fourth-order valence-corrected chi connectivity index (χ4v) is 12.0. The molecule has 17 atom stereocenters. The molecule has 9 aliphatic rings. The molecule has 9 fully saturated rings. The van der Waals surface area contributed by atoms with Gasteiger partial charge in [-0.15, -0.1) is 0 Å². The van der Waals surface area contributed by atoms with E-state index in [0.29, 0.717) is 66.1 Å². The quantitative estimate of drug-likeness (QED) is 0.197. The van der Waals surface area contributed by atoms with Crippen molar-refractivity contribution in [3.8, 4) is 0 Å². The van der Waals surface area contributed by atoms with Gasteiger partial charge >= 0.3 is 0 Å². The van der Waals surface area contributed by atoms with E-state index in [0.717, 1.165) is 19.3 Å². The molecule has 4 saturated carbocycles. The van der Waals surface area contributed by atoms with Crippen molar-refractivity contribution < 1.29 is 26.1 Å². The van der Waals surface area contributed by atoms with Crippen LogP contribution in [0.4, 0.5) is 4.39 Å². The molecule has 0 amide bonds. The Bertz CT molecular complexity index is 959. The molecular formula is C32H55FN8Ti. The van der Waals surface area contributed by atoms with E-state index in [1.54, 1.807) is 0 Å². The summed E-state index contributed by atoms with van der Waals surface area (Å²) < 4.78 is 15.8. The first-order valence-electron chi connectivity index (χ1n) is 17.9. The molecule has 5 heterocycles. The Balaban J connectivity index is 0.00000267. The molecule has 17 unspecified atom stereocenters. The molecule has 0 aromatic rings. The third-order valence-electron chi connectivity index (χ3n) is 13.8. The number of rotatable bonds is 0. The van der Waals surface area contributed by atoms with Gasteiger partial charge in [0.25, 0.3) is 0 Å². The van der Waals surface area contributed by atoms with Crippen LogP contribution in [0.25, 0.3) is 0 Å². The van der Waals surface area contributed by atoms with E-state index in [9.17, 15) is 0 Å². The van der Waals surface area contributed by atoms with Gasteiger partial charge in [-0.3, -0.25) is 42.5 Å². The van der Waals surface area contributed by atoms with Gasteiger partial charge in [-0.05, 0) is 92.8 Å². The summed E-state index contributed by atoms with van der Waals surface area (Å²) in [6.45, 7) is 0. The number of alkyl halides is 1. The number of hydrogen-bond acceptors (Lipinski definition) is 8. The molecule has 0 aromatic carbocycles. The Labute approximate surface area is 267 Å². The Morgan fingerprint density at radius 2 is 0.571 bits per heavy atom. The summed E-state index contributed by atoms with van der Waals surface area (Å²) >= 11 is 0. The average Bonchev–Trinajstić information content (AvgIpc) is 3.73. The van der Waals surface area contributed by atoms with Crippen molar-refractivity contribution in [2.75, 3.05) is 0 Å². The largest absolute Gasteiger partial charge is 0.286 e. The minimum Gasteiger partial charge on any atom is -0.286 e. The monoisotopic (exact) mass is 618 g/mol. The maximum absolute atomic E-state index is 15.8. The van der Waals surface area contributed by atoms with Gasteiger partial charge in [-0.2, -0.15) is 0 Å². The molecule has 234 valence electrons. The summed E-state index contributed by atoms with van der Waals surface area (Å²) in [5, 5.41) is 32.9. The van der Waals surface area contributed by atoms with Gasteiger partial charge in [0.05, 0.1) is 49.3 Å². The van der Waals surface area contributed by atoms with Gasteiger partial charge in [0.1, 0.15) is 6.17 Å². The summed E-state index contributed by atoms with van der Waals surface area (Å²) in [5.74, 6) is 4.36. The molecular weight excluding hydrogens is 563 g/mol. The van der Waals surface area contributed by atoms with Crippen LogP contribution in [-0.2, 0) is 21.7 Å². The van der Waals surface area contributed by atoms with Gasteiger partial charge in [-0.25, -0.2) is 4.39 Å². The van der Waals surface area contributed by atoms with Gasteiger partial charge in [0, 0.05) is 27.6 Å². The smallest absolute Gasteiger partial charge is 0.106 e. The Hall–Kier alpha value is 0.324. The summed E-state index contributed by atoms with van der Waals surface area (Å²) in [4.78, 5) is 0. The zero-order valence-electron chi connectivity index (χ0n) is 25.3. The van der Waals surface area contributed by atoms with Crippen molar-refractivity contribution in [1.29, 1.82) is 0 Å². The molecule has 0 radical (unpaired) electrons. The number of fused-ring (bicyclic) bond motifs is 20. The van der Waals surface area contributed by atoms with Crippen LogP contribution in [0.1, 0.15) is 96.3 Å². The SMILES string of the molecule is FC1CCCC2C3NC4NC(NC5NC(NC6NC(NC(N3)C12)C1CCCCC61)C1CCCCC51)C1CCCCC41.[Ti]. The van der Waals surface area contributed by atoms with Crippen LogP contribution < -0.4 is 42.5 Å². The molecule has 10 heteroatoms. The third-order valence-corrected chi connectivity index (χ3v) is 13.8. The second-order valence-electron chi connectivity index (χ2n) is 15.7. The molecule has 8 nitrogen and oxygen atoms in total. The topological polar surface area (TPSA) is 96.2 Å². The van der Waals surface area contributed by atoms with Gasteiger partial charge < -0.3 is 0 Å². The molecule has 0 spiro atoms. The molecule has 4 aliphatic carbocycles. The van der Waals surface area contributed by atoms with E-state index in [1.165, 1.54) is 77.0 Å². The Morgan fingerprint density at radius 1 is 0.310 bits per heavy atom. The normalized spacial score (nSPS) is 56.9. The Morgan fingerprint density at radius 3 is 0.905 bits per heavy atom. The second-order valence-corrected chi connectivity index (χ2v) is 15.7. The van der Waals surface area contributed by atoms with Gasteiger partial charge in [0.15, 0.2) is 0 Å². The molecule has 5 saturated heterocycles. The van der Waals surface area contributed by atoms with Crippen molar-refractivity contribution in [3.05, 3.63) is 0 Å². The van der Waals surface area contributed by atoms with E-state index >= 15 is 4.39 Å². The molecule has 8 bridgehead atoms. The summed E-state index contributed by atoms with van der Waals surface area (Å²) in [6.07, 6.45) is 20.2. The van der Waals surface area contributed by atoms with Crippen LogP contribution in [0.15, 0.2) is 0 Å². The predicted molar refractivity (Wildman–Crippen MR) is 157 cm³/mol. The number of halogens is 1. The van der Waals surface area contributed by atoms with Crippen LogP contribution in [0.3, 0.4) is 0 Å². The van der Waals surface area contributed by atoms with Crippen LogP contribution in [-0.4, -0.2) is 55.5 Å². The van der Waals surface area contributed by atoms with Crippen LogP contribution in [0, 0.1) is 47.3 Å². The summed E-state index contributed by atoms with van der Waals surface area (Å²) in [5.41, 5.74) is 0. The summed E-state index contributed by atoms with van der Waals surface area (Å²) in [6, 6.07) is 0. The maximum Gasteiger partial charge on any atom is 0.106 e. The number of hydrogen-bond donors (Lipinski definition) is 8. The first kappa shape index (κ1) is 29.7. The molecule has 42 heavy (non-hydrogen) atoms. The minimum absolute atomic E-state index is 0. The fraction of sp³-hybridized carbons (Fsp3) is 1.00. The summed E-state index contributed by atoms with van der Waals surface area (Å²) in [7, 11) is 0. The van der Waals surface area contributed by atoms with E-state index in [4.69, 9.17) is 0 Å². The molecule has 9 rings (SSSR count). The van der Waals surface area contributed by atoms with Crippen molar-refractivity contribution in [1.82, 2.24) is 42.5 Å². The van der Waals surface area contributed by atoms with Crippen LogP contribution in [0.2, 0.25) is 0 Å². The minimum atomic E-state index is -0.721. The zero-order chi connectivity index (χ0) is 27.1. The van der Waals surface area contributed by atoms with E-state index in [-0.39, 0.29) is 52.3 Å². The van der Waals surface area contributed by atoms with E-state index in [2.05, 4.69) is 42.5 Å². The van der Waals surface area contributed by atoms with Crippen molar-refractivity contribution in [3.63, 3.8) is 0 Å². The standard InChI is InChI=1S/C32H55FN8.Ti/c33-23-15-7-14-22-24(23)32-40-30-21-13-6-5-12-20(21)28(38-30)36-26-17-9-2-1-8-16(17)25(34-26)35-27-18-10-3-4-11-19(18)29(37-27)39-31(22)41-32;/h16-32,34-41H,1-15H2;. The van der Waals surface area contributed by atoms with Gasteiger partial charge in [-0.1, -0.05) is 44.9 Å². The fourth-order valence-electron chi connectivity index (χ4n) is 12.0. The first-order valence-corrected chi connectivity index (χ1v) is 17.9. The zero-order valence-corrected chi connectivity index (χ0v) is 26.9. The van der Waals surface area contributed by atoms with Crippen molar-refractivity contribution in [2.45, 2.75) is 152 Å². The van der Waals surface area contributed by atoms with Crippen LogP contribution >= 0.6 is 0 Å². The van der Waals surface area contributed by atoms with E-state index < -0.39 is 6.17 Å². The van der Waals surface area contributed by atoms with E-state index in [1.807, 2.05) is 0 Å². The van der Waals surface area contributed by atoms with Gasteiger partial charge in [0.2, 0.25) is 0 Å². The molecule has 8 N–H and O–H groups in total. The van der Waals surface area contributed by atoms with Crippen LogP contribution in [0.5, 0.6) is 0 Å². The van der Waals surface area contributed by atoms with Crippen molar-refractivity contribution >= 4 is 0 Å². The second kappa shape index (κ2) is 12.2. The third kappa shape index (κ3) is 5.03. The maximum atomic E-state index is 15.8. The Kier molecular flexibility index (Phi) is 8.60. The predicted octanol–water partition coefficient (Wildman–Crippen LogP) is 2.55. The molecule has 0 aromatic heterocycles. The number of nitrogens with one attached hydrogen (secondary N) is 8. The molecule has 5 aliphatic heterocycles.